The molecule has 0 spiro atoms. The van der Waals surface area contributed by atoms with Crippen molar-refractivity contribution >= 4 is 11.3 Å². The second kappa shape index (κ2) is 13.3. The molecule has 4 heteroatoms. The number of rotatable bonds is 7. The smallest absolute Gasteiger partial charge is 0.0594 e. The molecule has 1 saturated heterocycles. The van der Waals surface area contributed by atoms with E-state index in [9.17, 15) is 0 Å². The van der Waals surface area contributed by atoms with Crippen molar-refractivity contribution in [1.82, 2.24) is 9.88 Å². The first-order chi connectivity index (χ1) is 18.2. The maximum absolute atomic E-state index is 5.54. The van der Waals surface area contributed by atoms with E-state index in [1.165, 1.54) is 84.3 Å². The lowest BCUT2D eigenvalue weighted by molar-refractivity contribution is 0.0391. The molecule has 0 radical (unpaired) electrons. The summed E-state index contributed by atoms with van der Waals surface area (Å²) in [5.41, 5.74) is 14.0. The molecule has 0 amide bonds. The fraction of sp³-hybridized carbons (Fsp3) is 0.618. The molecule has 2 aromatic rings. The van der Waals surface area contributed by atoms with Crippen LogP contribution in [0.1, 0.15) is 84.7 Å². The molecule has 1 aromatic heterocycles. The summed E-state index contributed by atoms with van der Waals surface area (Å²) in [6, 6.07) is 6.81. The summed E-state index contributed by atoms with van der Waals surface area (Å²) < 4.78 is 5.54. The van der Waals surface area contributed by atoms with Crippen molar-refractivity contribution in [3.8, 4) is 0 Å². The van der Waals surface area contributed by atoms with Gasteiger partial charge < -0.3 is 9.64 Å². The van der Waals surface area contributed by atoms with Gasteiger partial charge in [-0.15, -0.1) is 0 Å². The molecule has 0 atom stereocenters. The molecule has 3 aliphatic rings. The van der Waals surface area contributed by atoms with E-state index in [0.29, 0.717) is 0 Å². The minimum atomic E-state index is 0.882. The zero-order valence-electron chi connectivity index (χ0n) is 25.3. The number of aromatic nitrogens is 1. The Morgan fingerprint density at radius 1 is 0.895 bits per heavy atom. The monoisotopic (exact) mass is 517 g/mol. The largest absolute Gasteiger partial charge is 0.379 e. The highest BCUT2D eigenvalue weighted by atomic mass is 16.5. The summed E-state index contributed by atoms with van der Waals surface area (Å²) in [6.45, 7) is 22.7. The number of pyridine rings is 1. The fourth-order valence-corrected chi connectivity index (χ4v) is 6.09. The van der Waals surface area contributed by atoms with Gasteiger partial charge in [-0.2, -0.15) is 0 Å². The lowest BCUT2D eigenvalue weighted by Gasteiger charge is -2.33. The van der Waals surface area contributed by atoms with Crippen LogP contribution in [0.3, 0.4) is 0 Å². The van der Waals surface area contributed by atoms with Crippen LogP contribution in [-0.2, 0) is 4.74 Å². The van der Waals surface area contributed by atoms with Crippen molar-refractivity contribution in [2.75, 3.05) is 50.8 Å². The van der Waals surface area contributed by atoms with Gasteiger partial charge in [0.2, 0.25) is 0 Å². The molecular weight excluding hydrogens is 466 g/mol. The minimum Gasteiger partial charge on any atom is -0.379 e. The van der Waals surface area contributed by atoms with Crippen molar-refractivity contribution in [3.05, 3.63) is 63.0 Å². The topological polar surface area (TPSA) is 28.6 Å². The average molecular weight is 518 g/mol. The third kappa shape index (κ3) is 7.70. The number of aryl methyl sites for hydroxylation is 5. The Kier molecular flexibility index (Phi) is 10.1. The van der Waals surface area contributed by atoms with Crippen LogP contribution in [0.25, 0.3) is 5.57 Å². The third-order valence-corrected chi connectivity index (χ3v) is 8.73. The third-order valence-electron chi connectivity index (χ3n) is 8.73. The van der Waals surface area contributed by atoms with Gasteiger partial charge >= 0.3 is 0 Å². The molecule has 208 valence electrons. The number of morpholine rings is 1. The summed E-state index contributed by atoms with van der Waals surface area (Å²) in [5.74, 6) is 0.882. The number of anilines is 1. The summed E-state index contributed by atoms with van der Waals surface area (Å²) in [5, 5.41) is 0. The predicted octanol–water partition coefficient (Wildman–Crippen LogP) is 7.51. The second-order valence-corrected chi connectivity index (χ2v) is 12.1. The van der Waals surface area contributed by atoms with E-state index in [2.05, 4.69) is 76.5 Å². The lowest BCUT2D eigenvalue weighted by Crippen LogP contribution is -2.42. The van der Waals surface area contributed by atoms with Crippen molar-refractivity contribution < 1.29 is 4.74 Å². The highest BCUT2D eigenvalue weighted by Crippen LogP contribution is 2.40. The molecule has 1 saturated carbocycles. The number of nitrogens with zero attached hydrogens (tertiary/aromatic N) is 3. The maximum atomic E-state index is 5.54. The molecular formula is C34H51N3O. The standard InChI is InChI=1S/C24H37N3O.C10H14/c1-18-6-4-5-7-22(18)24-20(3)25-19(2)16-23(24)27(17-21-8-9-21)11-10-26-12-14-28-15-13-26;1-7-5-8(2)10(4)9(3)6-7/h16,21H,4-15,17H2,1-3H3;5-6H,1-4H3. The Morgan fingerprint density at radius 2 is 1.55 bits per heavy atom. The fourth-order valence-electron chi connectivity index (χ4n) is 6.09. The molecule has 0 unspecified atom stereocenters. The summed E-state index contributed by atoms with van der Waals surface area (Å²) >= 11 is 0. The number of hydrogen-bond donors (Lipinski definition) is 0. The van der Waals surface area contributed by atoms with Crippen LogP contribution in [0.5, 0.6) is 0 Å². The van der Waals surface area contributed by atoms with Crippen molar-refractivity contribution in [2.45, 2.75) is 87.0 Å². The van der Waals surface area contributed by atoms with Crippen LogP contribution in [0.15, 0.2) is 23.8 Å². The Morgan fingerprint density at radius 3 is 2.18 bits per heavy atom. The second-order valence-electron chi connectivity index (χ2n) is 12.1. The zero-order valence-corrected chi connectivity index (χ0v) is 25.3. The highest BCUT2D eigenvalue weighted by molar-refractivity contribution is 5.80. The molecule has 0 bridgehead atoms. The minimum absolute atomic E-state index is 0.882. The summed E-state index contributed by atoms with van der Waals surface area (Å²) in [7, 11) is 0. The van der Waals surface area contributed by atoms with Gasteiger partial charge in [0.15, 0.2) is 0 Å². The highest BCUT2D eigenvalue weighted by Gasteiger charge is 2.28. The molecule has 38 heavy (non-hydrogen) atoms. The zero-order chi connectivity index (χ0) is 27.2. The Labute approximate surface area is 232 Å². The van der Waals surface area contributed by atoms with Crippen LogP contribution >= 0.6 is 0 Å². The van der Waals surface area contributed by atoms with Crippen LogP contribution < -0.4 is 4.90 Å². The van der Waals surface area contributed by atoms with Crippen molar-refractivity contribution in [2.24, 2.45) is 5.92 Å². The van der Waals surface area contributed by atoms with Gasteiger partial charge in [0, 0.05) is 55.4 Å². The lowest BCUT2D eigenvalue weighted by atomic mass is 9.86. The van der Waals surface area contributed by atoms with E-state index in [4.69, 9.17) is 9.72 Å². The number of ether oxygens (including phenoxy) is 1. The van der Waals surface area contributed by atoms with Gasteiger partial charge in [0.25, 0.3) is 0 Å². The molecule has 0 N–H and O–H groups in total. The molecule has 5 rings (SSSR count). The van der Waals surface area contributed by atoms with Crippen LogP contribution in [0.4, 0.5) is 5.69 Å². The van der Waals surface area contributed by atoms with Gasteiger partial charge in [-0.1, -0.05) is 23.3 Å². The van der Waals surface area contributed by atoms with Crippen molar-refractivity contribution in [1.29, 1.82) is 0 Å². The first-order valence-corrected chi connectivity index (χ1v) is 15.0. The van der Waals surface area contributed by atoms with Crippen LogP contribution in [-0.4, -0.2) is 55.8 Å². The summed E-state index contributed by atoms with van der Waals surface area (Å²) in [4.78, 5) is 10.1. The van der Waals surface area contributed by atoms with E-state index in [-0.39, 0.29) is 0 Å². The van der Waals surface area contributed by atoms with E-state index < -0.39 is 0 Å². The molecule has 1 aromatic carbocycles. The first-order valence-electron chi connectivity index (χ1n) is 15.0. The van der Waals surface area contributed by atoms with Gasteiger partial charge in [0.1, 0.15) is 0 Å². The maximum Gasteiger partial charge on any atom is 0.0594 e. The average Bonchev–Trinajstić information content (AvgIpc) is 3.71. The quantitative estimate of drug-likeness (QED) is 0.380. The predicted molar refractivity (Wildman–Crippen MR) is 162 cm³/mol. The van der Waals surface area contributed by atoms with E-state index in [1.54, 1.807) is 11.1 Å². The molecule has 2 fully saturated rings. The normalized spacial score (nSPS) is 18.3. The number of benzene rings is 1. The van der Waals surface area contributed by atoms with E-state index in [1.807, 2.05) is 0 Å². The Hall–Kier alpha value is -2.17. The van der Waals surface area contributed by atoms with E-state index >= 15 is 0 Å². The number of allylic oxidation sites excluding steroid dienone is 2. The SMILES string of the molecule is CC1=C(c2c(N(CCN3CCOCC3)CC3CC3)cc(C)nc2C)CCCC1.Cc1cc(C)c(C)c(C)c1. The molecule has 2 aliphatic carbocycles. The van der Waals surface area contributed by atoms with E-state index in [0.717, 1.165) is 51.0 Å². The molecule has 2 heterocycles. The Bertz CT molecular complexity index is 1100. The van der Waals surface area contributed by atoms with Gasteiger partial charge in [-0.3, -0.25) is 9.88 Å². The number of hydrogen-bond acceptors (Lipinski definition) is 4. The summed E-state index contributed by atoms with van der Waals surface area (Å²) in [6.07, 6.45) is 7.91. The van der Waals surface area contributed by atoms with Crippen molar-refractivity contribution in [3.63, 3.8) is 0 Å². The molecule has 1 aliphatic heterocycles. The molecule has 4 nitrogen and oxygen atoms in total. The van der Waals surface area contributed by atoms with Gasteiger partial charge in [-0.05, 0) is 121 Å². The van der Waals surface area contributed by atoms with Crippen LogP contribution in [0, 0.1) is 47.5 Å². The van der Waals surface area contributed by atoms with Crippen LogP contribution in [0.2, 0.25) is 0 Å². The first kappa shape index (κ1) is 28.8. The van der Waals surface area contributed by atoms with Gasteiger partial charge in [-0.25, -0.2) is 0 Å². The Balaban J connectivity index is 0.000000283. The van der Waals surface area contributed by atoms with Gasteiger partial charge in [0.05, 0.1) is 13.2 Å².